The van der Waals surface area contributed by atoms with Crippen LogP contribution in [0.15, 0.2) is 42.5 Å². The Morgan fingerprint density at radius 1 is 1.15 bits per heavy atom. The maximum Gasteiger partial charge on any atom is 0.251 e. The molecule has 6 nitrogen and oxygen atoms in total. The molecule has 0 aliphatic heterocycles. The molecule has 0 unspecified atom stereocenters. The van der Waals surface area contributed by atoms with E-state index in [-0.39, 0.29) is 11.8 Å². The Morgan fingerprint density at radius 2 is 1.93 bits per heavy atom. The fourth-order valence-corrected chi connectivity index (χ4v) is 3.50. The van der Waals surface area contributed by atoms with E-state index in [1.807, 2.05) is 25.1 Å². The fraction of sp³-hybridized carbons (Fsp3) is 0.250. The number of thiazole rings is 1. The minimum atomic E-state index is -0.163. The Labute approximate surface area is 161 Å². The van der Waals surface area contributed by atoms with Crippen LogP contribution in [0.3, 0.4) is 0 Å². The van der Waals surface area contributed by atoms with Gasteiger partial charge in [0.05, 0.1) is 22.3 Å². The largest absolute Gasteiger partial charge is 0.497 e. The number of carbonyl (C=O) groups is 2. The van der Waals surface area contributed by atoms with Crippen LogP contribution in [-0.2, 0) is 4.79 Å². The Bertz CT molecular complexity index is 951. The molecule has 1 aromatic heterocycles. The molecule has 2 N–H and O–H groups in total. The van der Waals surface area contributed by atoms with Crippen LogP contribution in [0.1, 0.15) is 28.2 Å². The van der Waals surface area contributed by atoms with Crippen molar-refractivity contribution < 1.29 is 14.3 Å². The van der Waals surface area contributed by atoms with Crippen molar-refractivity contribution in [1.82, 2.24) is 10.3 Å². The van der Waals surface area contributed by atoms with Crippen LogP contribution < -0.4 is 15.4 Å². The number of ether oxygens (including phenoxy) is 1. The van der Waals surface area contributed by atoms with E-state index < -0.39 is 0 Å². The minimum absolute atomic E-state index is 0.0747. The van der Waals surface area contributed by atoms with Crippen molar-refractivity contribution in [1.29, 1.82) is 0 Å². The molecule has 0 atom stereocenters. The summed E-state index contributed by atoms with van der Waals surface area (Å²) in [6.07, 6.45) is 0.901. The quantitative estimate of drug-likeness (QED) is 0.609. The van der Waals surface area contributed by atoms with Crippen molar-refractivity contribution >= 4 is 39.1 Å². The molecule has 1 heterocycles. The number of nitrogens with one attached hydrogen (secondary N) is 2. The first kappa shape index (κ1) is 18.8. The summed E-state index contributed by atoms with van der Waals surface area (Å²) in [5, 5.41) is 6.71. The van der Waals surface area contributed by atoms with Gasteiger partial charge in [-0.1, -0.05) is 0 Å². The van der Waals surface area contributed by atoms with E-state index in [9.17, 15) is 9.59 Å². The van der Waals surface area contributed by atoms with Crippen LogP contribution in [-0.4, -0.2) is 30.5 Å². The van der Waals surface area contributed by atoms with Gasteiger partial charge in [-0.05, 0) is 55.8 Å². The molecule has 0 fully saturated rings. The number of carbonyl (C=O) groups excluding carboxylic acids is 2. The van der Waals surface area contributed by atoms with Gasteiger partial charge in [0.25, 0.3) is 5.91 Å². The van der Waals surface area contributed by atoms with Crippen LogP contribution >= 0.6 is 11.3 Å². The van der Waals surface area contributed by atoms with Crippen molar-refractivity contribution in [2.45, 2.75) is 19.8 Å². The number of nitrogens with zero attached hydrogens (tertiary/aromatic N) is 1. The van der Waals surface area contributed by atoms with Crippen molar-refractivity contribution in [3.63, 3.8) is 0 Å². The Hall–Kier alpha value is -2.93. The first-order valence-corrected chi connectivity index (χ1v) is 9.46. The number of amides is 2. The van der Waals surface area contributed by atoms with Crippen LogP contribution in [0.4, 0.5) is 5.69 Å². The molecule has 140 valence electrons. The van der Waals surface area contributed by atoms with Crippen LogP contribution in [0.25, 0.3) is 10.2 Å². The van der Waals surface area contributed by atoms with Gasteiger partial charge in [-0.3, -0.25) is 9.59 Å². The van der Waals surface area contributed by atoms with Crippen LogP contribution in [0.2, 0.25) is 0 Å². The monoisotopic (exact) mass is 383 g/mol. The third-order valence-corrected chi connectivity index (χ3v) is 4.93. The maximum absolute atomic E-state index is 12.1. The van der Waals surface area contributed by atoms with Crippen molar-refractivity contribution in [2.75, 3.05) is 19.0 Å². The molecule has 0 radical (unpaired) electrons. The summed E-state index contributed by atoms with van der Waals surface area (Å²) in [5.74, 6) is 0.466. The van der Waals surface area contributed by atoms with Gasteiger partial charge in [-0.25, -0.2) is 4.98 Å². The molecule has 0 bridgehead atoms. The zero-order valence-electron chi connectivity index (χ0n) is 15.2. The number of methoxy groups -OCH3 is 1. The lowest BCUT2D eigenvalue weighted by Crippen LogP contribution is -2.25. The molecule has 2 aromatic carbocycles. The van der Waals surface area contributed by atoms with Crippen molar-refractivity contribution in [2.24, 2.45) is 0 Å². The summed E-state index contributed by atoms with van der Waals surface area (Å²) in [5.41, 5.74) is 2.27. The number of fused-ring (bicyclic) bond motifs is 1. The molecular weight excluding hydrogens is 362 g/mol. The van der Waals surface area contributed by atoms with E-state index in [1.165, 1.54) is 0 Å². The Kier molecular flexibility index (Phi) is 6.03. The molecule has 0 saturated heterocycles. The lowest BCUT2D eigenvalue weighted by molar-refractivity contribution is -0.116. The SMILES string of the molecule is COc1ccc(C(=O)NCCCC(=O)Nc2ccc3nc(C)sc3c2)cc1. The first-order valence-electron chi connectivity index (χ1n) is 8.64. The van der Waals surface area contributed by atoms with E-state index in [0.29, 0.717) is 30.7 Å². The van der Waals surface area contributed by atoms with Gasteiger partial charge in [0.1, 0.15) is 5.75 Å². The molecule has 0 spiro atoms. The highest BCUT2D eigenvalue weighted by Gasteiger charge is 2.07. The predicted octanol–water partition coefficient (Wildman–Crippen LogP) is 3.76. The minimum Gasteiger partial charge on any atom is -0.497 e. The highest BCUT2D eigenvalue weighted by Crippen LogP contribution is 2.24. The van der Waals surface area contributed by atoms with Gasteiger partial charge in [0.2, 0.25) is 5.91 Å². The molecule has 3 aromatic rings. The van der Waals surface area contributed by atoms with Gasteiger partial charge < -0.3 is 15.4 Å². The number of rotatable bonds is 7. The lowest BCUT2D eigenvalue weighted by Gasteiger charge is -2.07. The smallest absolute Gasteiger partial charge is 0.251 e. The molecule has 7 heteroatoms. The van der Waals surface area contributed by atoms with Crippen molar-refractivity contribution in [3.8, 4) is 5.75 Å². The normalized spacial score (nSPS) is 10.6. The van der Waals surface area contributed by atoms with Gasteiger partial charge >= 0.3 is 0 Å². The Balaban J connectivity index is 1.42. The molecule has 27 heavy (non-hydrogen) atoms. The summed E-state index contributed by atoms with van der Waals surface area (Å²) in [6.45, 7) is 2.40. The molecular formula is C20H21N3O3S. The van der Waals surface area contributed by atoms with Crippen LogP contribution in [0.5, 0.6) is 5.75 Å². The average molecular weight is 383 g/mol. The molecule has 2 amide bonds. The second-order valence-electron chi connectivity index (χ2n) is 6.05. The lowest BCUT2D eigenvalue weighted by atomic mass is 10.2. The van der Waals surface area contributed by atoms with E-state index >= 15 is 0 Å². The number of benzene rings is 2. The molecule has 0 aliphatic carbocycles. The van der Waals surface area contributed by atoms with Crippen LogP contribution in [0, 0.1) is 6.92 Å². The third kappa shape index (κ3) is 5.04. The van der Waals surface area contributed by atoms with E-state index in [1.54, 1.807) is 42.7 Å². The zero-order valence-corrected chi connectivity index (χ0v) is 16.1. The molecule has 3 rings (SSSR count). The van der Waals surface area contributed by atoms with Crippen molar-refractivity contribution in [3.05, 3.63) is 53.0 Å². The summed E-state index contributed by atoms with van der Waals surface area (Å²) in [6, 6.07) is 12.6. The second kappa shape index (κ2) is 8.64. The summed E-state index contributed by atoms with van der Waals surface area (Å²) in [7, 11) is 1.58. The fourth-order valence-electron chi connectivity index (χ4n) is 2.64. The highest BCUT2D eigenvalue weighted by atomic mass is 32.1. The number of hydrogen-bond donors (Lipinski definition) is 2. The topological polar surface area (TPSA) is 80.3 Å². The summed E-state index contributed by atoms with van der Waals surface area (Å²) >= 11 is 1.60. The molecule has 0 saturated carbocycles. The summed E-state index contributed by atoms with van der Waals surface area (Å²) in [4.78, 5) is 28.5. The number of anilines is 1. The van der Waals surface area contributed by atoms with Gasteiger partial charge in [0, 0.05) is 24.2 Å². The third-order valence-electron chi connectivity index (χ3n) is 4.00. The number of aromatic nitrogens is 1. The van der Waals surface area contributed by atoms with E-state index in [4.69, 9.17) is 4.74 Å². The highest BCUT2D eigenvalue weighted by molar-refractivity contribution is 7.18. The van der Waals surface area contributed by atoms with Gasteiger partial charge in [-0.2, -0.15) is 0 Å². The summed E-state index contributed by atoms with van der Waals surface area (Å²) < 4.78 is 6.12. The maximum atomic E-state index is 12.1. The van der Waals surface area contributed by atoms with Gasteiger partial charge in [-0.15, -0.1) is 11.3 Å². The number of aryl methyl sites for hydroxylation is 1. The zero-order chi connectivity index (χ0) is 19.2. The average Bonchev–Trinajstić information content (AvgIpc) is 3.04. The van der Waals surface area contributed by atoms with E-state index in [2.05, 4.69) is 15.6 Å². The predicted molar refractivity (Wildman–Crippen MR) is 108 cm³/mol. The van der Waals surface area contributed by atoms with E-state index in [0.717, 1.165) is 20.9 Å². The van der Waals surface area contributed by atoms with Gasteiger partial charge in [0.15, 0.2) is 0 Å². The first-order chi connectivity index (χ1) is 13.0. The molecule has 0 aliphatic rings. The second-order valence-corrected chi connectivity index (χ2v) is 7.29. The Morgan fingerprint density at radius 3 is 2.67 bits per heavy atom. The standard InChI is InChI=1S/C20H21N3O3S/c1-13-22-17-10-7-15(12-18(17)27-13)23-19(24)4-3-11-21-20(25)14-5-8-16(26-2)9-6-14/h5-10,12H,3-4,11H2,1-2H3,(H,21,25)(H,23,24). The number of hydrogen-bond acceptors (Lipinski definition) is 5.